The molecule has 2 heterocycles. The van der Waals surface area contributed by atoms with Gasteiger partial charge in [0.15, 0.2) is 0 Å². The molecule has 2 aromatic heterocycles. The fourth-order valence-corrected chi connectivity index (χ4v) is 7.70. The summed E-state index contributed by atoms with van der Waals surface area (Å²) in [5, 5.41) is 3.78. The minimum atomic E-state index is -1.98. The first-order chi connectivity index (χ1) is 9.39. The Morgan fingerprint density at radius 3 is 2.40 bits per heavy atom. The molecule has 0 unspecified atom stereocenters. The van der Waals surface area contributed by atoms with Crippen molar-refractivity contribution in [1.82, 2.24) is 9.97 Å². The molecule has 0 saturated carbocycles. The molecule has 3 aromatic rings. The van der Waals surface area contributed by atoms with Gasteiger partial charge in [-0.2, -0.15) is 0 Å². The number of hydrogen-bond acceptors (Lipinski definition) is 2. The molecule has 102 valence electrons. The van der Waals surface area contributed by atoms with E-state index in [1.54, 1.807) is 6.20 Å². The monoisotopic (exact) mass is 346 g/mol. The zero-order chi connectivity index (χ0) is 14.5. The van der Waals surface area contributed by atoms with Crippen molar-refractivity contribution in [1.29, 1.82) is 0 Å². The second-order valence-electron chi connectivity index (χ2n) is 6.22. The van der Waals surface area contributed by atoms with Crippen molar-refractivity contribution in [2.75, 3.05) is 0 Å². The first-order valence-electron chi connectivity index (χ1n) is 6.72. The summed E-state index contributed by atoms with van der Waals surface area (Å²) in [6.45, 7) is 2.19. The molecular weight excluding hydrogens is 328 g/mol. The summed E-state index contributed by atoms with van der Waals surface area (Å²) in [4.78, 5) is 8.86. The van der Waals surface area contributed by atoms with Crippen LogP contribution in [-0.4, -0.2) is 23.2 Å². The maximum atomic E-state index is 6.18. The molecule has 0 aliphatic heterocycles. The Morgan fingerprint density at radius 1 is 0.950 bits per heavy atom. The van der Waals surface area contributed by atoms with Crippen molar-refractivity contribution < 1.29 is 0 Å². The van der Waals surface area contributed by atoms with Crippen LogP contribution >= 0.6 is 11.6 Å². The van der Waals surface area contributed by atoms with Crippen LogP contribution in [0.4, 0.5) is 0 Å². The van der Waals surface area contributed by atoms with Crippen LogP contribution in [0.1, 0.15) is 5.56 Å². The van der Waals surface area contributed by atoms with Gasteiger partial charge in [-0.05, 0) is 0 Å². The summed E-state index contributed by atoms with van der Waals surface area (Å²) in [6, 6.07) is 6.40. The summed E-state index contributed by atoms with van der Waals surface area (Å²) in [5.74, 6) is 7.23. The topological polar surface area (TPSA) is 25.8 Å². The van der Waals surface area contributed by atoms with Crippen LogP contribution in [0.2, 0.25) is 22.4 Å². The van der Waals surface area contributed by atoms with Crippen LogP contribution < -0.4 is 4.40 Å². The Balaban J connectivity index is 2.53. The number of pyridine rings is 2. The quantitative estimate of drug-likeness (QED) is 0.373. The Bertz CT molecular complexity index is 822. The van der Waals surface area contributed by atoms with Gasteiger partial charge in [-0.3, -0.25) is 0 Å². The molecule has 4 heteroatoms. The van der Waals surface area contributed by atoms with Crippen LogP contribution in [0.15, 0.2) is 30.6 Å². The van der Waals surface area contributed by atoms with Gasteiger partial charge in [0, 0.05) is 0 Å². The van der Waals surface area contributed by atoms with Gasteiger partial charge in [0.05, 0.1) is 0 Å². The third kappa shape index (κ3) is 2.11. The van der Waals surface area contributed by atoms with E-state index in [0.29, 0.717) is 5.15 Å². The van der Waals surface area contributed by atoms with E-state index in [1.165, 1.54) is 15.3 Å². The van der Waals surface area contributed by atoms with Crippen LogP contribution in [0.3, 0.4) is 0 Å². The number of aromatic nitrogens is 2. The van der Waals surface area contributed by atoms with E-state index in [4.69, 9.17) is 16.6 Å². The summed E-state index contributed by atoms with van der Waals surface area (Å²) >= 11 is 4.20. The Morgan fingerprint density at radius 2 is 1.70 bits per heavy atom. The molecule has 0 saturated heterocycles. The number of rotatable bonds is 1. The van der Waals surface area contributed by atoms with Gasteiger partial charge < -0.3 is 0 Å². The van der Waals surface area contributed by atoms with Crippen molar-refractivity contribution in [3.8, 4) is 0 Å². The first kappa shape index (κ1) is 13.8. The molecule has 0 fully saturated rings. The number of fused-ring (bicyclic) bond motifs is 3. The summed E-state index contributed by atoms with van der Waals surface area (Å²) in [5.41, 5.74) is 2.50. The fraction of sp³-hybridized carbons (Fsp3) is 0.250. The second kappa shape index (κ2) is 4.71. The van der Waals surface area contributed by atoms with E-state index in [9.17, 15) is 0 Å². The van der Waals surface area contributed by atoms with E-state index in [2.05, 4.69) is 41.3 Å². The van der Waals surface area contributed by atoms with Crippen LogP contribution in [0.5, 0.6) is 0 Å². The van der Waals surface area contributed by atoms with Crippen LogP contribution in [0.25, 0.3) is 21.7 Å². The van der Waals surface area contributed by atoms with Crippen molar-refractivity contribution in [3.05, 3.63) is 41.3 Å². The minimum absolute atomic E-state index is 0.524. The number of nitrogens with zero attached hydrogens (tertiary/aromatic N) is 2. The van der Waals surface area contributed by atoms with Crippen molar-refractivity contribution in [2.45, 2.75) is 24.2 Å². The van der Waals surface area contributed by atoms with Gasteiger partial charge in [0.25, 0.3) is 0 Å². The summed E-state index contributed by atoms with van der Waals surface area (Å²) in [6.07, 6.45) is 3.63. The van der Waals surface area contributed by atoms with E-state index >= 15 is 0 Å². The molecule has 1 aromatic carbocycles. The Hall–Kier alpha value is -1.13. The average molecular weight is 345 g/mol. The zero-order valence-corrected chi connectivity index (χ0v) is 15.0. The zero-order valence-electron chi connectivity index (χ0n) is 12.2. The van der Waals surface area contributed by atoms with Gasteiger partial charge >= 0.3 is 126 Å². The van der Waals surface area contributed by atoms with E-state index in [0.717, 1.165) is 16.3 Å². The molecule has 0 spiro atoms. The Labute approximate surface area is 126 Å². The molecule has 0 aliphatic carbocycles. The fourth-order valence-electron chi connectivity index (χ4n) is 2.92. The average Bonchev–Trinajstić information content (AvgIpc) is 2.36. The van der Waals surface area contributed by atoms with Gasteiger partial charge in [0.1, 0.15) is 0 Å². The van der Waals surface area contributed by atoms with Gasteiger partial charge in [-0.1, -0.05) is 0 Å². The summed E-state index contributed by atoms with van der Waals surface area (Å²) < 4.78 is 1.48. The van der Waals surface area contributed by atoms with Gasteiger partial charge in [-0.15, -0.1) is 0 Å². The first-order valence-corrected chi connectivity index (χ1v) is 14.4. The molecule has 0 bridgehead atoms. The van der Waals surface area contributed by atoms with Gasteiger partial charge in [0.2, 0.25) is 0 Å². The normalized spacial score (nSPS) is 12.2. The van der Waals surface area contributed by atoms with Crippen LogP contribution in [0, 0.1) is 6.92 Å². The third-order valence-electron chi connectivity index (χ3n) is 3.69. The van der Waals surface area contributed by atoms with Gasteiger partial charge in [-0.25, -0.2) is 0 Å². The molecule has 0 aliphatic rings. The van der Waals surface area contributed by atoms with E-state index in [1.807, 2.05) is 12.3 Å². The van der Waals surface area contributed by atoms with Crippen molar-refractivity contribution >= 4 is 50.9 Å². The molecule has 0 N–H and O–H groups in total. The molecule has 2 nitrogen and oxygen atoms in total. The second-order valence-corrected chi connectivity index (χ2v) is 17.1. The maximum absolute atomic E-state index is 6.18. The van der Waals surface area contributed by atoms with Crippen molar-refractivity contribution in [2.24, 2.45) is 0 Å². The number of aryl methyl sites for hydroxylation is 1. The van der Waals surface area contributed by atoms with Crippen LogP contribution in [-0.2, 0) is 0 Å². The molecule has 3 rings (SSSR count). The van der Waals surface area contributed by atoms with E-state index in [-0.39, 0.29) is 0 Å². The number of halogens is 1. The third-order valence-corrected chi connectivity index (χ3v) is 8.46. The summed E-state index contributed by atoms with van der Waals surface area (Å²) in [7, 11) is 0. The predicted molar refractivity (Wildman–Crippen MR) is 89.8 cm³/mol. The molecular formula is C16H17ClGeN2. The number of hydrogen-bond donors (Lipinski definition) is 0. The molecule has 0 amide bonds. The molecule has 0 atom stereocenters. The Kier molecular flexibility index (Phi) is 3.26. The standard InChI is InChI=1S/C16H17ClGeN2/c1-10-5-6-12-11-7-8-19-16(17)13(11)9-20-15(12)14(10)18(2,3)4/h5-9H,1-4H3. The molecule has 0 radical (unpaired) electrons. The van der Waals surface area contributed by atoms with Crippen molar-refractivity contribution in [3.63, 3.8) is 0 Å². The molecule has 20 heavy (non-hydrogen) atoms. The van der Waals surface area contributed by atoms with E-state index < -0.39 is 13.3 Å². The predicted octanol–water partition coefficient (Wildman–Crippen LogP) is 4.29. The SMILES string of the molecule is Cc1ccc2c(ncc3c(Cl)nccc32)[c]1[Ge]([CH3])([CH3])[CH3]. The number of benzene rings is 1.